The van der Waals surface area contributed by atoms with Crippen molar-refractivity contribution in [3.8, 4) is 0 Å². The van der Waals surface area contributed by atoms with Gasteiger partial charge in [0.05, 0.1) is 12.2 Å². The van der Waals surface area contributed by atoms with E-state index in [0.717, 1.165) is 25.7 Å². The molecule has 2 atom stereocenters. The van der Waals surface area contributed by atoms with E-state index in [1.807, 2.05) is 6.92 Å². The number of hydrogen-bond acceptors (Lipinski definition) is 2. The Kier molecular flexibility index (Phi) is 7.29. The summed E-state index contributed by atoms with van der Waals surface area (Å²) >= 11 is 0. The van der Waals surface area contributed by atoms with E-state index in [1.54, 1.807) is 0 Å². The first-order chi connectivity index (χ1) is 6.15. The SMILES string of the molecule is CCCC(O)C(O)CC(CC)CC. The van der Waals surface area contributed by atoms with E-state index in [-0.39, 0.29) is 0 Å². The summed E-state index contributed by atoms with van der Waals surface area (Å²) in [5.41, 5.74) is 0. The lowest BCUT2D eigenvalue weighted by molar-refractivity contribution is -0.000428. The molecule has 0 radical (unpaired) electrons. The predicted octanol–water partition coefficient (Wildman–Crippen LogP) is 2.33. The lowest BCUT2D eigenvalue weighted by Crippen LogP contribution is -2.27. The van der Waals surface area contributed by atoms with Gasteiger partial charge in [0.15, 0.2) is 0 Å². The Balaban J connectivity index is 3.75. The molecule has 2 N–H and O–H groups in total. The van der Waals surface area contributed by atoms with Gasteiger partial charge in [0.2, 0.25) is 0 Å². The Morgan fingerprint density at radius 1 is 0.923 bits per heavy atom. The van der Waals surface area contributed by atoms with Crippen LogP contribution in [0.2, 0.25) is 0 Å². The van der Waals surface area contributed by atoms with Gasteiger partial charge in [-0.3, -0.25) is 0 Å². The van der Waals surface area contributed by atoms with E-state index in [4.69, 9.17) is 0 Å². The molecule has 80 valence electrons. The van der Waals surface area contributed by atoms with Crippen LogP contribution in [0.15, 0.2) is 0 Å². The molecule has 0 amide bonds. The van der Waals surface area contributed by atoms with Gasteiger partial charge in [-0.05, 0) is 18.8 Å². The number of aliphatic hydroxyl groups is 2. The summed E-state index contributed by atoms with van der Waals surface area (Å²) < 4.78 is 0. The van der Waals surface area contributed by atoms with Crippen LogP contribution in [0.1, 0.15) is 52.9 Å². The highest BCUT2D eigenvalue weighted by atomic mass is 16.3. The minimum Gasteiger partial charge on any atom is -0.390 e. The van der Waals surface area contributed by atoms with E-state index in [1.165, 1.54) is 0 Å². The van der Waals surface area contributed by atoms with Crippen LogP contribution in [0.25, 0.3) is 0 Å². The maximum atomic E-state index is 9.63. The molecule has 0 aromatic heterocycles. The molecular formula is C11H24O2. The molecule has 2 nitrogen and oxygen atoms in total. The molecule has 0 saturated heterocycles. The summed E-state index contributed by atoms with van der Waals surface area (Å²) in [5, 5.41) is 19.1. The molecule has 2 unspecified atom stereocenters. The van der Waals surface area contributed by atoms with Crippen LogP contribution >= 0.6 is 0 Å². The lowest BCUT2D eigenvalue weighted by atomic mass is 9.93. The van der Waals surface area contributed by atoms with E-state index in [0.29, 0.717) is 12.3 Å². The summed E-state index contributed by atoms with van der Waals surface area (Å²) in [5.74, 6) is 0.557. The molecule has 0 spiro atoms. The molecule has 13 heavy (non-hydrogen) atoms. The van der Waals surface area contributed by atoms with Crippen LogP contribution < -0.4 is 0 Å². The molecule has 0 aliphatic rings. The molecule has 0 aliphatic carbocycles. The fourth-order valence-electron chi connectivity index (χ4n) is 1.61. The normalized spacial score (nSPS) is 16.2. The van der Waals surface area contributed by atoms with Crippen molar-refractivity contribution >= 4 is 0 Å². The van der Waals surface area contributed by atoms with Crippen LogP contribution in [0.4, 0.5) is 0 Å². The van der Waals surface area contributed by atoms with Crippen molar-refractivity contribution in [3.63, 3.8) is 0 Å². The monoisotopic (exact) mass is 188 g/mol. The van der Waals surface area contributed by atoms with E-state index < -0.39 is 12.2 Å². The predicted molar refractivity (Wildman–Crippen MR) is 55.6 cm³/mol. The third kappa shape index (κ3) is 5.27. The summed E-state index contributed by atoms with van der Waals surface area (Å²) in [6.07, 6.45) is 3.52. The van der Waals surface area contributed by atoms with Gasteiger partial charge in [0.25, 0.3) is 0 Å². The summed E-state index contributed by atoms with van der Waals surface area (Å²) in [4.78, 5) is 0. The molecule has 0 rings (SSSR count). The summed E-state index contributed by atoms with van der Waals surface area (Å²) in [7, 11) is 0. The van der Waals surface area contributed by atoms with Gasteiger partial charge >= 0.3 is 0 Å². The largest absolute Gasteiger partial charge is 0.390 e. The standard InChI is InChI=1S/C11H24O2/c1-4-7-10(12)11(13)8-9(5-2)6-3/h9-13H,4-8H2,1-3H3. The average Bonchev–Trinajstić information content (AvgIpc) is 2.14. The van der Waals surface area contributed by atoms with Crippen LogP contribution in [0.3, 0.4) is 0 Å². The second-order valence-electron chi connectivity index (χ2n) is 3.84. The van der Waals surface area contributed by atoms with Crippen molar-refractivity contribution in [3.05, 3.63) is 0 Å². The Labute approximate surface area is 82.0 Å². The van der Waals surface area contributed by atoms with Gasteiger partial charge in [-0.2, -0.15) is 0 Å². The topological polar surface area (TPSA) is 40.5 Å². The first-order valence-corrected chi connectivity index (χ1v) is 5.51. The van der Waals surface area contributed by atoms with Crippen molar-refractivity contribution in [2.45, 2.75) is 65.1 Å². The number of aliphatic hydroxyl groups excluding tert-OH is 2. The zero-order valence-electron chi connectivity index (χ0n) is 9.16. The smallest absolute Gasteiger partial charge is 0.0801 e. The Bertz CT molecular complexity index is 111. The molecule has 0 aromatic rings. The van der Waals surface area contributed by atoms with Crippen molar-refractivity contribution in [2.75, 3.05) is 0 Å². The fourth-order valence-corrected chi connectivity index (χ4v) is 1.61. The third-order valence-corrected chi connectivity index (χ3v) is 2.76. The first kappa shape index (κ1) is 12.9. The second-order valence-corrected chi connectivity index (χ2v) is 3.84. The second kappa shape index (κ2) is 7.34. The van der Waals surface area contributed by atoms with Crippen molar-refractivity contribution in [1.29, 1.82) is 0 Å². The van der Waals surface area contributed by atoms with Gasteiger partial charge in [0, 0.05) is 0 Å². The maximum Gasteiger partial charge on any atom is 0.0801 e. The van der Waals surface area contributed by atoms with Crippen molar-refractivity contribution < 1.29 is 10.2 Å². The molecule has 0 aliphatic heterocycles. The first-order valence-electron chi connectivity index (χ1n) is 5.51. The van der Waals surface area contributed by atoms with E-state index in [2.05, 4.69) is 13.8 Å². The Morgan fingerprint density at radius 3 is 1.85 bits per heavy atom. The summed E-state index contributed by atoms with van der Waals surface area (Å²) in [6, 6.07) is 0. The highest BCUT2D eigenvalue weighted by Crippen LogP contribution is 2.18. The molecule has 2 heteroatoms. The molecule has 0 heterocycles. The molecule has 0 bridgehead atoms. The van der Waals surface area contributed by atoms with Crippen LogP contribution in [0.5, 0.6) is 0 Å². The van der Waals surface area contributed by atoms with Gasteiger partial charge in [-0.15, -0.1) is 0 Å². The quantitative estimate of drug-likeness (QED) is 0.644. The minimum absolute atomic E-state index is 0.523. The minimum atomic E-state index is -0.523. The highest BCUT2D eigenvalue weighted by molar-refractivity contribution is 4.70. The number of hydrogen-bond donors (Lipinski definition) is 2. The van der Waals surface area contributed by atoms with E-state index >= 15 is 0 Å². The van der Waals surface area contributed by atoms with Crippen LogP contribution in [-0.4, -0.2) is 22.4 Å². The van der Waals surface area contributed by atoms with Gasteiger partial charge in [0.1, 0.15) is 0 Å². The van der Waals surface area contributed by atoms with Crippen molar-refractivity contribution in [2.24, 2.45) is 5.92 Å². The molecule has 0 saturated carbocycles. The van der Waals surface area contributed by atoms with Crippen molar-refractivity contribution in [1.82, 2.24) is 0 Å². The third-order valence-electron chi connectivity index (χ3n) is 2.76. The molecule has 0 fully saturated rings. The maximum absolute atomic E-state index is 9.63. The lowest BCUT2D eigenvalue weighted by Gasteiger charge is -2.21. The fraction of sp³-hybridized carbons (Fsp3) is 1.00. The van der Waals surface area contributed by atoms with Crippen LogP contribution in [-0.2, 0) is 0 Å². The zero-order valence-corrected chi connectivity index (χ0v) is 9.16. The number of rotatable bonds is 7. The van der Waals surface area contributed by atoms with Gasteiger partial charge < -0.3 is 10.2 Å². The van der Waals surface area contributed by atoms with Gasteiger partial charge in [-0.25, -0.2) is 0 Å². The van der Waals surface area contributed by atoms with E-state index in [9.17, 15) is 10.2 Å². The average molecular weight is 188 g/mol. The molecule has 0 aromatic carbocycles. The molecular weight excluding hydrogens is 164 g/mol. The Hall–Kier alpha value is -0.0800. The highest BCUT2D eigenvalue weighted by Gasteiger charge is 2.18. The Morgan fingerprint density at radius 2 is 1.46 bits per heavy atom. The van der Waals surface area contributed by atoms with Crippen LogP contribution in [0, 0.1) is 5.92 Å². The zero-order chi connectivity index (χ0) is 10.3. The summed E-state index contributed by atoms with van der Waals surface area (Å²) in [6.45, 7) is 6.28. The van der Waals surface area contributed by atoms with Gasteiger partial charge in [-0.1, -0.05) is 40.0 Å².